The summed E-state index contributed by atoms with van der Waals surface area (Å²) < 4.78 is 31.9. The number of aromatic nitrogens is 3. The van der Waals surface area contributed by atoms with Crippen LogP contribution in [0.3, 0.4) is 0 Å². The lowest BCUT2D eigenvalue weighted by Gasteiger charge is -2.25. The summed E-state index contributed by atoms with van der Waals surface area (Å²) in [4.78, 5) is 20.4. The van der Waals surface area contributed by atoms with E-state index < -0.39 is 10.0 Å². The third-order valence-electron chi connectivity index (χ3n) is 7.41. The Labute approximate surface area is 207 Å². The molecule has 3 aromatic rings. The molecule has 1 aromatic carbocycles. The van der Waals surface area contributed by atoms with Crippen molar-refractivity contribution in [1.29, 1.82) is 0 Å². The number of aryl methyl sites for hydroxylation is 3. The quantitative estimate of drug-likeness (QED) is 0.473. The number of nitrogens with zero attached hydrogens (tertiary/aromatic N) is 5. The molecule has 8 nitrogen and oxygen atoms in total. The lowest BCUT2D eigenvalue weighted by atomic mass is 10.1. The zero-order valence-electron chi connectivity index (χ0n) is 20.7. The van der Waals surface area contributed by atoms with Gasteiger partial charge in [0.15, 0.2) is 0 Å². The summed E-state index contributed by atoms with van der Waals surface area (Å²) in [7, 11) is -1.46. The lowest BCUT2D eigenvalue weighted by Crippen LogP contribution is -2.31. The molecule has 4 heterocycles. The van der Waals surface area contributed by atoms with Gasteiger partial charge in [0.05, 0.1) is 22.0 Å². The average Bonchev–Trinajstić information content (AvgIpc) is 3.64. The first-order valence-electron chi connectivity index (χ1n) is 12.8. The Morgan fingerprint density at radius 2 is 1.91 bits per heavy atom. The maximum Gasteiger partial charge on any atom is 0.243 e. The van der Waals surface area contributed by atoms with E-state index in [1.54, 1.807) is 16.4 Å². The van der Waals surface area contributed by atoms with Crippen molar-refractivity contribution < 1.29 is 13.2 Å². The highest BCUT2D eigenvalue weighted by atomic mass is 32.2. The van der Waals surface area contributed by atoms with Gasteiger partial charge in [0.1, 0.15) is 5.82 Å². The molecule has 1 amide bonds. The van der Waals surface area contributed by atoms with Crippen molar-refractivity contribution in [2.75, 3.05) is 19.6 Å². The first kappa shape index (κ1) is 24.1. The Kier molecular flexibility index (Phi) is 6.72. The number of amides is 1. The Balaban J connectivity index is 1.37. The van der Waals surface area contributed by atoms with Crippen LogP contribution in [0.15, 0.2) is 41.4 Å². The number of likely N-dealkylation sites (tertiary alicyclic amines) is 1. The number of hydrogen-bond acceptors (Lipinski definition) is 4. The number of sulfonamides is 1. The topological polar surface area (TPSA) is 80.4 Å². The first-order chi connectivity index (χ1) is 16.9. The van der Waals surface area contributed by atoms with Crippen LogP contribution in [-0.2, 0) is 34.8 Å². The van der Waals surface area contributed by atoms with Gasteiger partial charge >= 0.3 is 0 Å². The molecular formula is C26H35N5O3S. The molecule has 1 atom stereocenters. The van der Waals surface area contributed by atoms with E-state index in [1.165, 1.54) is 5.69 Å². The lowest BCUT2D eigenvalue weighted by molar-refractivity contribution is -0.132. The Hall–Kier alpha value is -2.65. The monoisotopic (exact) mass is 497 g/mol. The van der Waals surface area contributed by atoms with E-state index in [2.05, 4.69) is 22.1 Å². The molecule has 0 aliphatic carbocycles. The Morgan fingerprint density at radius 1 is 1.11 bits per heavy atom. The molecule has 0 bridgehead atoms. The van der Waals surface area contributed by atoms with Crippen molar-refractivity contribution in [3.8, 4) is 0 Å². The number of fused-ring (bicyclic) bond motifs is 1. The van der Waals surface area contributed by atoms with Crippen LogP contribution in [0, 0.1) is 0 Å². The van der Waals surface area contributed by atoms with Crippen molar-refractivity contribution in [3.05, 3.63) is 48.0 Å². The second-order valence-electron chi connectivity index (χ2n) is 9.73. The molecule has 2 fully saturated rings. The van der Waals surface area contributed by atoms with Crippen LogP contribution < -0.4 is 0 Å². The third-order valence-corrected chi connectivity index (χ3v) is 9.30. The van der Waals surface area contributed by atoms with Crippen LogP contribution in [0.4, 0.5) is 0 Å². The summed E-state index contributed by atoms with van der Waals surface area (Å²) >= 11 is 0. The standard InChI is InChI=1S/C26H35N5O3S/c1-3-14-30-22-11-10-20(35(33,34)29-16-4-5-17-29)19-21(22)27-25(30)12-13-26(32)31-18-7-9-24(31)23-8-6-15-28(23)2/h6,8,10-11,15,19,24H,3-5,7,9,12-14,16-18H2,1-2H3/t24-/m1/s1. The number of carbonyl (C=O) groups excluding carboxylic acids is 1. The van der Waals surface area contributed by atoms with E-state index in [4.69, 9.17) is 4.98 Å². The van der Waals surface area contributed by atoms with Gasteiger partial charge in [-0.05, 0) is 62.4 Å². The fraction of sp³-hybridized carbons (Fsp3) is 0.538. The zero-order chi connectivity index (χ0) is 24.6. The summed E-state index contributed by atoms with van der Waals surface area (Å²) in [6.07, 6.45) is 7.73. The Morgan fingerprint density at radius 3 is 2.63 bits per heavy atom. The smallest absolute Gasteiger partial charge is 0.243 e. The first-order valence-corrected chi connectivity index (χ1v) is 14.2. The van der Waals surface area contributed by atoms with Gasteiger partial charge in [-0.2, -0.15) is 4.31 Å². The van der Waals surface area contributed by atoms with E-state index >= 15 is 0 Å². The minimum absolute atomic E-state index is 0.135. The average molecular weight is 498 g/mol. The van der Waals surface area contributed by atoms with Crippen LogP contribution in [-0.4, -0.2) is 57.3 Å². The molecule has 0 spiro atoms. The van der Waals surface area contributed by atoms with Gasteiger partial charge < -0.3 is 14.0 Å². The number of imidazole rings is 1. The largest absolute Gasteiger partial charge is 0.353 e. The van der Waals surface area contributed by atoms with E-state index in [1.807, 2.05) is 30.3 Å². The predicted molar refractivity (Wildman–Crippen MR) is 135 cm³/mol. The van der Waals surface area contributed by atoms with Gasteiger partial charge in [-0.25, -0.2) is 13.4 Å². The van der Waals surface area contributed by atoms with Crippen molar-refractivity contribution >= 4 is 27.0 Å². The zero-order valence-corrected chi connectivity index (χ0v) is 21.5. The van der Waals surface area contributed by atoms with Crippen LogP contribution in [0.2, 0.25) is 0 Å². The van der Waals surface area contributed by atoms with E-state index in [0.29, 0.717) is 36.3 Å². The van der Waals surface area contributed by atoms with Crippen molar-refractivity contribution in [3.63, 3.8) is 0 Å². The maximum atomic E-state index is 13.2. The maximum absolute atomic E-state index is 13.2. The Bertz CT molecular complexity index is 1320. The minimum Gasteiger partial charge on any atom is -0.353 e. The number of hydrogen-bond donors (Lipinski definition) is 0. The summed E-state index contributed by atoms with van der Waals surface area (Å²) in [5.74, 6) is 1.00. The van der Waals surface area contributed by atoms with Crippen LogP contribution >= 0.6 is 0 Å². The number of rotatable bonds is 8. The predicted octanol–water partition coefficient (Wildman–Crippen LogP) is 3.87. The molecule has 0 unspecified atom stereocenters. The number of benzene rings is 1. The molecule has 2 aliphatic heterocycles. The van der Waals surface area contributed by atoms with Crippen molar-refractivity contribution in [1.82, 2.24) is 23.3 Å². The SMILES string of the molecule is CCCn1c(CCC(=O)N2CCC[C@@H]2c2cccn2C)nc2cc(S(=O)(=O)N3CCCC3)ccc21. The summed E-state index contributed by atoms with van der Waals surface area (Å²) in [6.45, 7) is 4.85. The molecule has 2 aromatic heterocycles. The number of carbonyl (C=O) groups is 1. The molecule has 2 aliphatic rings. The summed E-state index contributed by atoms with van der Waals surface area (Å²) in [5, 5.41) is 0. The van der Waals surface area contributed by atoms with Crippen molar-refractivity contribution in [2.24, 2.45) is 7.05 Å². The van der Waals surface area contributed by atoms with E-state index in [0.717, 1.165) is 56.5 Å². The molecule has 35 heavy (non-hydrogen) atoms. The molecular weight excluding hydrogens is 462 g/mol. The fourth-order valence-corrected chi connectivity index (χ4v) is 7.15. The molecule has 0 saturated carbocycles. The van der Waals surface area contributed by atoms with Gasteiger partial charge in [0.25, 0.3) is 0 Å². The molecule has 9 heteroatoms. The van der Waals surface area contributed by atoms with Gasteiger partial charge in [0.2, 0.25) is 15.9 Å². The van der Waals surface area contributed by atoms with Crippen LogP contribution in [0.5, 0.6) is 0 Å². The molecule has 0 radical (unpaired) electrons. The highest BCUT2D eigenvalue weighted by Crippen LogP contribution is 2.33. The normalized spacial score (nSPS) is 19.3. The molecule has 5 rings (SSSR count). The second kappa shape index (κ2) is 9.78. The second-order valence-corrected chi connectivity index (χ2v) is 11.7. The molecule has 188 valence electrons. The molecule has 0 N–H and O–H groups in total. The van der Waals surface area contributed by atoms with Gasteiger partial charge in [-0.15, -0.1) is 0 Å². The van der Waals surface area contributed by atoms with Gasteiger partial charge in [-0.3, -0.25) is 4.79 Å². The minimum atomic E-state index is -3.49. The van der Waals surface area contributed by atoms with Crippen LogP contribution in [0.25, 0.3) is 11.0 Å². The fourth-order valence-electron chi connectivity index (χ4n) is 5.62. The van der Waals surface area contributed by atoms with E-state index in [-0.39, 0.29) is 11.9 Å². The van der Waals surface area contributed by atoms with Crippen molar-refractivity contribution in [2.45, 2.75) is 69.4 Å². The summed E-state index contributed by atoms with van der Waals surface area (Å²) in [6, 6.07) is 9.54. The third kappa shape index (κ3) is 4.51. The van der Waals surface area contributed by atoms with Gasteiger partial charge in [0, 0.05) is 58.0 Å². The van der Waals surface area contributed by atoms with Gasteiger partial charge in [-0.1, -0.05) is 6.92 Å². The highest BCUT2D eigenvalue weighted by Gasteiger charge is 2.31. The highest BCUT2D eigenvalue weighted by molar-refractivity contribution is 7.89. The summed E-state index contributed by atoms with van der Waals surface area (Å²) in [5.41, 5.74) is 2.79. The molecule has 2 saturated heterocycles. The van der Waals surface area contributed by atoms with Crippen LogP contribution in [0.1, 0.15) is 63.0 Å². The van der Waals surface area contributed by atoms with E-state index in [9.17, 15) is 13.2 Å².